The van der Waals surface area contributed by atoms with Gasteiger partial charge in [0.05, 0.1) is 79.3 Å². The van der Waals surface area contributed by atoms with Crippen LogP contribution in [0.5, 0.6) is 0 Å². The number of nitrogens with one attached hydrogen (secondary N) is 2. The molecule has 4 aromatic carbocycles. The Morgan fingerprint density at radius 3 is 0.967 bits per heavy atom. The predicted molar refractivity (Wildman–Crippen MR) is 242 cm³/mol. The number of hydrogen-bond acceptors (Lipinski definition) is 9. The molecule has 11 nitrogen and oxygen atoms in total. The molecule has 2 amide bonds. The number of hydrogen-bond donors (Lipinski definition) is 2. The van der Waals surface area contributed by atoms with Crippen LogP contribution in [-0.4, -0.2) is 121 Å². The summed E-state index contributed by atoms with van der Waals surface area (Å²) in [5.41, 5.74) is 0.299. The van der Waals surface area contributed by atoms with E-state index < -0.39 is 15.8 Å². The zero-order valence-electron chi connectivity index (χ0n) is 34.2. The molecule has 0 atom stereocenters. The van der Waals surface area contributed by atoms with Crippen LogP contribution < -0.4 is 31.9 Å². The lowest BCUT2D eigenvalue weighted by atomic mass is 10.2. The summed E-state index contributed by atoms with van der Waals surface area (Å²) in [4.78, 5) is 29.5. The van der Waals surface area contributed by atoms with E-state index in [9.17, 15) is 9.59 Å². The number of amides is 2. The third-order valence-corrected chi connectivity index (χ3v) is 13.9. The molecule has 60 heavy (non-hydrogen) atoms. The van der Waals surface area contributed by atoms with Gasteiger partial charge in [0.15, 0.2) is 0 Å². The maximum atomic E-state index is 12.6. The molecule has 0 saturated carbocycles. The molecular formula is C47H57N3O8P2. The molecule has 5 rings (SSSR count). The summed E-state index contributed by atoms with van der Waals surface area (Å²) in [7, 11) is -0.949. The topological polar surface area (TPSA) is 126 Å². The van der Waals surface area contributed by atoms with E-state index in [0.29, 0.717) is 92.4 Å². The van der Waals surface area contributed by atoms with Gasteiger partial charge in [-0.3, -0.25) is 9.59 Å². The summed E-state index contributed by atoms with van der Waals surface area (Å²) in [5, 5.41) is 10.9. The van der Waals surface area contributed by atoms with Gasteiger partial charge in [0.2, 0.25) is 0 Å². The highest BCUT2D eigenvalue weighted by atomic mass is 31.1. The number of benzene rings is 4. The van der Waals surface area contributed by atoms with Crippen LogP contribution in [0.3, 0.4) is 0 Å². The Morgan fingerprint density at radius 2 is 0.650 bits per heavy atom. The molecule has 0 unspecified atom stereocenters. The van der Waals surface area contributed by atoms with Gasteiger partial charge in [-0.05, 0) is 61.5 Å². The van der Waals surface area contributed by atoms with Gasteiger partial charge in [-0.15, -0.1) is 0 Å². The number of carbonyl (C=O) groups excluding carboxylic acids is 2. The van der Waals surface area contributed by atoms with Crippen LogP contribution >= 0.6 is 15.8 Å². The van der Waals surface area contributed by atoms with E-state index in [0.717, 1.165) is 12.3 Å². The molecule has 5 aromatic rings. The smallest absolute Gasteiger partial charge is 0.269 e. The molecule has 0 aliphatic rings. The molecule has 2 N–H and O–H groups in total. The average Bonchev–Trinajstić information content (AvgIpc) is 3.30. The summed E-state index contributed by atoms with van der Waals surface area (Å²) >= 11 is 0. The van der Waals surface area contributed by atoms with E-state index in [1.807, 2.05) is 24.3 Å². The van der Waals surface area contributed by atoms with Crippen LogP contribution in [0.25, 0.3) is 0 Å². The number of ether oxygens (including phenoxy) is 6. The van der Waals surface area contributed by atoms with Crippen LogP contribution in [0.15, 0.2) is 140 Å². The van der Waals surface area contributed by atoms with Gasteiger partial charge >= 0.3 is 0 Å². The zero-order valence-corrected chi connectivity index (χ0v) is 36.0. The standard InChI is InChI=1S/C47H57N3O8P2/c51-46(48-24-26-53-28-30-55-32-34-57-36-38-59(40-14-5-1-6-15-40)41-16-7-2-8-17-41)44-22-13-23-45(50-44)47(52)49-25-27-54-29-31-56-33-35-58-37-39-60(42-18-9-3-10-19-42)43-20-11-4-12-21-43/h1-23H,24-39H2,(H,48,51)(H,49,52). The Hall–Kier alpha value is -4.41. The first-order chi connectivity index (χ1) is 29.7. The monoisotopic (exact) mass is 853 g/mol. The second-order valence-electron chi connectivity index (χ2n) is 13.2. The summed E-state index contributed by atoms with van der Waals surface area (Å²) in [6.45, 7) is 6.20. The van der Waals surface area contributed by atoms with E-state index in [1.54, 1.807) is 18.2 Å². The minimum Gasteiger partial charge on any atom is -0.379 e. The minimum atomic E-state index is -0.475. The quantitative estimate of drug-likeness (QED) is 0.0490. The molecule has 1 heterocycles. The fourth-order valence-electron chi connectivity index (χ4n) is 5.98. The SMILES string of the molecule is O=C(NCCOCCOCCOCCP(c1ccccc1)c1ccccc1)c1cccc(C(=O)NCCOCCOCCOCCP(c2ccccc2)c2ccccc2)n1. The van der Waals surface area contributed by atoms with Crippen LogP contribution in [0.2, 0.25) is 0 Å². The van der Waals surface area contributed by atoms with Crippen molar-refractivity contribution in [3.63, 3.8) is 0 Å². The summed E-state index contributed by atoms with van der Waals surface area (Å²) in [6.07, 6.45) is 1.90. The maximum Gasteiger partial charge on any atom is 0.269 e. The first-order valence-electron chi connectivity index (χ1n) is 20.4. The molecule has 13 heteroatoms. The summed E-state index contributed by atoms with van der Waals surface area (Å²) in [5.74, 6) is -0.772. The van der Waals surface area contributed by atoms with E-state index in [1.165, 1.54) is 21.2 Å². The van der Waals surface area contributed by atoms with Crippen LogP contribution in [-0.2, 0) is 28.4 Å². The van der Waals surface area contributed by atoms with Crippen molar-refractivity contribution in [2.75, 3.05) is 105 Å². The van der Waals surface area contributed by atoms with Gasteiger partial charge in [0.25, 0.3) is 11.8 Å². The molecule has 0 aliphatic carbocycles. The molecule has 0 fully saturated rings. The van der Waals surface area contributed by atoms with Gasteiger partial charge in [-0.25, -0.2) is 4.98 Å². The first kappa shape index (κ1) is 46.7. The largest absolute Gasteiger partial charge is 0.379 e. The van der Waals surface area contributed by atoms with Gasteiger partial charge in [-0.1, -0.05) is 127 Å². The van der Waals surface area contributed by atoms with Gasteiger partial charge in [-0.2, -0.15) is 0 Å². The van der Waals surface area contributed by atoms with Crippen molar-refractivity contribution in [1.29, 1.82) is 0 Å². The van der Waals surface area contributed by atoms with Crippen molar-refractivity contribution in [3.05, 3.63) is 151 Å². The highest BCUT2D eigenvalue weighted by Crippen LogP contribution is 2.33. The third kappa shape index (κ3) is 17.7. The number of aromatic nitrogens is 1. The van der Waals surface area contributed by atoms with Crippen molar-refractivity contribution in [2.24, 2.45) is 0 Å². The lowest BCUT2D eigenvalue weighted by Crippen LogP contribution is -2.31. The van der Waals surface area contributed by atoms with Gasteiger partial charge in [0, 0.05) is 13.1 Å². The second kappa shape index (κ2) is 28.9. The Morgan fingerprint density at radius 1 is 0.367 bits per heavy atom. The average molecular weight is 854 g/mol. The molecule has 0 saturated heterocycles. The number of nitrogens with zero attached hydrogens (tertiary/aromatic N) is 1. The molecule has 318 valence electrons. The lowest BCUT2D eigenvalue weighted by molar-refractivity contribution is 0.0179. The number of rotatable bonds is 30. The number of pyridine rings is 1. The molecule has 0 aliphatic heterocycles. The van der Waals surface area contributed by atoms with Crippen molar-refractivity contribution in [1.82, 2.24) is 15.6 Å². The first-order valence-corrected chi connectivity index (χ1v) is 23.5. The Kier molecular flexibility index (Phi) is 22.5. The van der Waals surface area contributed by atoms with E-state index >= 15 is 0 Å². The molecular weight excluding hydrogens is 796 g/mol. The van der Waals surface area contributed by atoms with Crippen LogP contribution in [0.1, 0.15) is 21.0 Å². The van der Waals surface area contributed by atoms with Crippen molar-refractivity contribution in [2.45, 2.75) is 0 Å². The molecule has 0 spiro atoms. The number of carbonyl (C=O) groups is 2. The highest BCUT2D eigenvalue weighted by molar-refractivity contribution is 7.73. The maximum absolute atomic E-state index is 12.6. The third-order valence-electron chi connectivity index (χ3n) is 8.96. The second-order valence-corrected chi connectivity index (χ2v) is 17.9. The fourth-order valence-corrected chi connectivity index (χ4v) is 10.4. The fraction of sp³-hybridized carbons (Fsp3) is 0.340. The summed E-state index contributed by atoms with van der Waals surface area (Å²) in [6, 6.07) is 47.2. The highest BCUT2D eigenvalue weighted by Gasteiger charge is 2.15. The van der Waals surface area contributed by atoms with Crippen LogP contribution in [0, 0.1) is 0 Å². The van der Waals surface area contributed by atoms with Crippen molar-refractivity contribution >= 4 is 48.9 Å². The van der Waals surface area contributed by atoms with E-state index in [2.05, 4.69) is 113 Å². The van der Waals surface area contributed by atoms with Crippen molar-refractivity contribution < 1.29 is 38.0 Å². The summed E-state index contributed by atoms with van der Waals surface area (Å²) < 4.78 is 34.2. The Balaban J connectivity index is 0.825. The predicted octanol–water partition coefficient (Wildman–Crippen LogP) is 4.91. The molecule has 0 bridgehead atoms. The zero-order chi connectivity index (χ0) is 41.7. The van der Waals surface area contributed by atoms with Gasteiger partial charge < -0.3 is 39.1 Å². The lowest BCUT2D eigenvalue weighted by Gasteiger charge is -2.18. The van der Waals surface area contributed by atoms with Crippen LogP contribution in [0.4, 0.5) is 0 Å². The van der Waals surface area contributed by atoms with Crippen molar-refractivity contribution in [3.8, 4) is 0 Å². The Bertz CT molecular complexity index is 1690. The van der Waals surface area contributed by atoms with E-state index in [4.69, 9.17) is 28.4 Å². The van der Waals surface area contributed by atoms with E-state index in [-0.39, 0.29) is 23.2 Å². The van der Waals surface area contributed by atoms with Gasteiger partial charge in [0.1, 0.15) is 11.4 Å². The molecule has 1 aromatic heterocycles. The Labute approximate surface area is 357 Å². The molecule has 0 radical (unpaired) electrons. The normalized spacial score (nSPS) is 11.2. The minimum absolute atomic E-state index is 0.150.